The van der Waals surface area contributed by atoms with E-state index in [2.05, 4.69) is 53.2 Å². The standard InChI is InChI=1S/C23H25F2N3O/c1-23(2,3)27-12-5-4-9-19(27)21-18(14-26)17-11-10-16(29-22(24)25)13-20(17)28(21)15-7-6-8-15/h4-5,9-11,13,15,22H,6-8,12H2,1-3H3. The summed E-state index contributed by atoms with van der Waals surface area (Å²) in [5, 5.41) is 10.8. The van der Waals surface area contributed by atoms with Crippen molar-refractivity contribution in [1.82, 2.24) is 9.47 Å². The first-order chi connectivity index (χ1) is 13.8. The van der Waals surface area contributed by atoms with Gasteiger partial charge in [0.15, 0.2) is 0 Å². The second kappa shape index (κ2) is 7.22. The number of nitrogens with zero attached hydrogens (tertiary/aromatic N) is 3. The average molecular weight is 397 g/mol. The van der Waals surface area contributed by atoms with Crippen LogP contribution in [0, 0.1) is 11.3 Å². The van der Waals surface area contributed by atoms with E-state index >= 15 is 0 Å². The number of benzene rings is 1. The van der Waals surface area contributed by atoms with Gasteiger partial charge in [0.1, 0.15) is 11.8 Å². The summed E-state index contributed by atoms with van der Waals surface area (Å²) in [4.78, 5) is 2.29. The molecule has 1 aromatic heterocycles. The number of alkyl halides is 2. The average Bonchev–Trinajstić information content (AvgIpc) is 2.92. The van der Waals surface area contributed by atoms with Gasteiger partial charge in [0.05, 0.1) is 22.5 Å². The lowest BCUT2D eigenvalue weighted by atomic mass is 9.92. The van der Waals surface area contributed by atoms with Gasteiger partial charge in [-0.3, -0.25) is 0 Å². The summed E-state index contributed by atoms with van der Waals surface area (Å²) in [6.45, 7) is 4.33. The lowest BCUT2D eigenvalue weighted by Gasteiger charge is -2.41. The Morgan fingerprint density at radius 3 is 2.59 bits per heavy atom. The molecule has 0 N–H and O–H groups in total. The highest BCUT2D eigenvalue weighted by molar-refractivity contribution is 5.94. The Morgan fingerprint density at radius 2 is 2.00 bits per heavy atom. The van der Waals surface area contributed by atoms with Crippen LogP contribution < -0.4 is 4.74 Å². The van der Waals surface area contributed by atoms with E-state index in [1.54, 1.807) is 12.1 Å². The Morgan fingerprint density at radius 1 is 1.24 bits per heavy atom. The van der Waals surface area contributed by atoms with Gasteiger partial charge >= 0.3 is 6.61 Å². The van der Waals surface area contributed by atoms with Gasteiger partial charge in [0.25, 0.3) is 0 Å². The van der Waals surface area contributed by atoms with E-state index in [0.29, 0.717) is 5.56 Å². The molecule has 1 saturated carbocycles. The molecule has 2 aromatic rings. The molecule has 0 unspecified atom stereocenters. The fourth-order valence-electron chi connectivity index (χ4n) is 4.21. The number of fused-ring (bicyclic) bond motifs is 1. The van der Waals surface area contributed by atoms with Crippen molar-refractivity contribution in [3.8, 4) is 11.8 Å². The highest BCUT2D eigenvalue weighted by Gasteiger charge is 2.33. The van der Waals surface area contributed by atoms with Crippen molar-refractivity contribution in [2.24, 2.45) is 0 Å². The summed E-state index contributed by atoms with van der Waals surface area (Å²) in [6, 6.07) is 7.53. The van der Waals surface area contributed by atoms with Gasteiger partial charge in [-0.15, -0.1) is 0 Å². The van der Waals surface area contributed by atoms with E-state index in [-0.39, 0.29) is 17.3 Å². The SMILES string of the molecule is CC(C)(C)N1CC=CC=C1c1c(C#N)c2ccc(OC(F)F)cc2n1C1CCC1. The fourth-order valence-corrected chi connectivity index (χ4v) is 4.21. The van der Waals surface area contributed by atoms with Crippen LogP contribution >= 0.6 is 0 Å². The first-order valence-electron chi connectivity index (χ1n) is 9.99. The van der Waals surface area contributed by atoms with Gasteiger partial charge in [-0.25, -0.2) is 0 Å². The molecule has 0 spiro atoms. The number of ether oxygens (including phenoxy) is 1. The zero-order valence-corrected chi connectivity index (χ0v) is 17.0. The molecule has 2 heterocycles. The summed E-state index contributed by atoms with van der Waals surface area (Å²) in [5.41, 5.74) is 3.11. The predicted octanol–water partition coefficient (Wildman–Crippen LogP) is 5.85. The molecule has 1 fully saturated rings. The topological polar surface area (TPSA) is 41.2 Å². The molecule has 4 nitrogen and oxygen atoms in total. The highest BCUT2D eigenvalue weighted by atomic mass is 19.3. The van der Waals surface area contributed by atoms with Crippen LogP contribution in [0.25, 0.3) is 16.6 Å². The lowest BCUT2D eigenvalue weighted by molar-refractivity contribution is -0.0497. The zero-order valence-electron chi connectivity index (χ0n) is 17.0. The second-order valence-electron chi connectivity index (χ2n) is 8.61. The van der Waals surface area contributed by atoms with Crippen LogP contribution in [0.15, 0.2) is 36.4 Å². The lowest BCUT2D eigenvalue weighted by Crippen LogP contribution is -2.41. The molecule has 1 aromatic carbocycles. The van der Waals surface area contributed by atoms with E-state index in [9.17, 15) is 14.0 Å². The summed E-state index contributed by atoms with van der Waals surface area (Å²) in [7, 11) is 0. The largest absolute Gasteiger partial charge is 0.435 e. The fraction of sp³-hybridized carbons (Fsp3) is 0.435. The summed E-state index contributed by atoms with van der Waals surface area (Å²) < 4.78 is 32.4. The van der Waals surface area contributed by atoms with Crippen LogP contribution in [-0.4, -0.2) is 28.2 Å². The third kappa shape index (κ3) is 3.39. The number of halogens is 2. The van der Waals surface area contributed by atoms with Crippen molar-refractivity contribution < 1.29 is 13.5 Å². The van der Waals surface area contributed by atoms with Gasteiger partial charge in [-0.2, -0.15) is 14.0 Å². The number of rotatable bonds is 4. The summed E-state index contributed by atoms with van der Waals surface area (Å²) >= 11 is 0. The molecular weight excluding hydrogens is 372 g/mol. The predicted molar refractivity (Wildman–Crippen MR) is 110 cm³/mol. The van der Waals surface area contributed by atoms with Gasteiger partial charge < -0.3 is 14.2 Å². The zero-order chi connectivity index (χ0) is 20.8. The van der Waals surface area contributed by atoms with E-state index in [1.807, 2.05) is 6.08 Å². The third-order valence-corrected chi connectivity index (χ3v) is 5.77. The van der Waals surface area contributed by atoms with Crippen LogP contribution in [-0.2, 0) is 0 Å². The molecule has 0 radical (unpaired) electrons. The first-order valence-corrected chi connectivity index (χ1v) is 9.99. The van der Waals surface area contributed by atoms with Crippen LogP contribution in [0.3, 0.4) is 0 Å². The molecular formula is C23H25F2N3O. The quantitative estimate of drug-likeness (QED) is 0.650. The van der Waals surface area contributed by atoms with Crippen molar-refractivity contribution in [2.45, 2.75) is 58.2 Å². The Labute approximate surface area is 169 Å². The first kappa shape index (κ1) is 19.5. The number of aromatic nitrogens is 1. The van der Waals surface area contributed by atoms with Crippen LogP contribution in [0.4, 0.5) is 8.78 Å². The van der Waals surface area contributed by atoms with Crippen molar-refractivity contribution in [2.75, 3.05) is 6.54 Å². The Balaban J connectivity index is 1.98. The third-order valence-electron chi connectivity index (χ3n) is 5.77. The summed E-state index contributed by atoms with van der Waals surface area (Å²) in [6.07, 6.45) is 9.33. The maximum Gasteiger partial charge on any atom is 0.387 e. The minimum Gasteiger partial charge on any atom is -0.435 e. The number of hydrogen-bond acceptors (Lipinski definition) is 3. The number of hydrogen-bond donors (Lipinski definition) is 0. The van der Waals surface area contributed by atoms with Crippen molar-refractivity contribution in [3.63, 3.8) is 0 Å². The molecule has 1 aliphatic carbocycles. The van der Waals surface area contributed by atoms with Gasteiger partial charge in [-0.05, 0) is 58.2 Å². The Bertz CT molecular complexity index is 1030. The van der Waals surface area contributed by atoms with Gasteiger partial charge in [0, 0.05) is 29.6 Å². The molecule has 29 heavy (non-hydrogen) atoms. The molecule has 0 amide bonds. The minimum atomic E-state index is -2.88. The number of allylic oxidation sites excluding steroid dienone is 2. The van der Waals surface area contributed by atoms with Crippen LogP contribution in [0.1, 0.15) is 57.3 Å². The van der Waals surface area contributed by atoms with Crippen LogP contribution in [0.2, 0.25) is 0 Å². The van der Waals surface area contributed by atoms with E-state index in [0.717, 1.165) is 48.1 Å². The minimum absolute atomic E-state index is 0.117. The molecule has 0 atom stereocenters. The normalized spacial score (nSPS) is 17.4. The second-order valence-corrected chi connectivity index (χ2v) is 8.61. The van der Waals surface area contributed by atoms with E-state index < -0.39 is 6.61 Å². The number of nitriles is 1. The van der Waals surface area contributed by atoms with Gasteiger partial charge in [0.2, 0.25) is 0 Å². The molecule has 0 saturated heterocycles. The maximum atomic E-state index is 12.8. The Kier molecular flexibility index (Phi) is 4.85. The molecule has 152 valence electrons. The van der Waals surface area contributed by atoms with E-state index in [1.165, 1.54) is 6.07 Å². The Hall–Kier alpha value is -2.81. The van der Waals surface area contributed by atoms with Crippen molar-refractivity contribution in [3.05, 3.63) is 47.7 Å². The monoisotopic (exact) mass is 397 g/mol. The van der Waals surface area contributed by atoms with Crippen molar-refractivity contribution in [1.29, 1.82) is 5.26 Å². The molecule has 0 bridgehead atoms. The molecule has 2 aliphatic rings. The summed E-state index contributed by atoms with van der Waals surface area (Å²) in [5.74, 6) is 0.117. The van der Waals surface area contributed by atoms with Gasteiger partial charge in [-0.1, -0.05) is 12.2 Å². The molecule has 1 aliphatic heterocycles. The van der Waals surface area contributed by atoms with Crippen molar-refractivity contribution >= 4 is 16.6 Å². The van der Waals surface area contributed by atoms with E-state index in [4.69, 9.17) is 0 Å². The highest BCUT2D eigenvalue weighted by Crippen LogP contribution is 2.43. The smallest absolute Gasteiger partial charge is 0.387 e. The maximum absolute atomic E-state index is 12.8. The molecule has 4 rings (SSSR count). The molecule has 6 heteroatoms. The van der Waals surface area contributed by atoms with Crippen LogP contribution in [0.5, 0.6) is 5.75 Å².